The van der Waals surface area contributed by atoms with Crippen LogP contribution < -0.4 is 0 Å². The summed E-state index contributed by atoms with van der Waals surface area (Å²) in [5.74, 6) is 1.35. The Kier molecular flexibility index (Phi) is 6.64. The number of hydrogen-bond acceptors (Lipinski definition) is 3. The normalized spacial score (nSPS) is 13.2. The van der Waals surface area contributed by atoms with E-state index in [0.717, 1.165) is 76.8 Å². The Hall–Kier alpha value is -8.14. The Bertz CT molecular complexity index is 3990. The van der Waals surface area contributed by atoms with Gasteiger partial charge in [0.25, 0.3) is 0 Å². The molecule has 0 radical (unpaired) electrons. The molecule has 3 heterocycles. The van der Waals surface area contributed by atoms with Crippen LogP contribution >= 0.6 is 0 Å². The van der Waals surface area contributed by atoms with Crippen LogP contribution in [0.2, 0.25) is 0 Å². The monoisotopic (exact) mass is 783 g/mol. The van der Waals surface area contributed by atoms with E-state index in [1.165, 1.54) is 0 Å². The predicted molar refractivity (Wildman–Crippen MR) is 254 cm³/mol. The van der Waals surface area contributed by atoms with Gasteiger partial charge in [-0.05, 0) is 72.7 Å². The lowest BCUT2D eigenvalue weighted by Crippen LogP contribution is -1.91. The summed E-state index contributed by atoms with van der Waals surface area (Å²) in [4.78, 5) is 9.21. The summed E-state index contributed by atoms with van der Waals surface area (Å²) in [5.41, 5.74) is 8.49. The van der Waals surface area contributed by atoms with Crippen LogP contribution in [0.5, 0.6) is 0 Å². The number of hydrogen-bond donors (Lipinski definition) is 0. The predicted octanol–water partition coefficient (Wildman–Crippen LogP) is 15.8. The molecule has 0 aliphatic carbocycles. The summed E-state index contributed by atoms with van der Waals surface area (Å²) in [6.07, 6.45) is -0.476. The number of aromatic nitrogens is 2. The zero-order valence-corrected chi connectivity index (χ0v) is 32.5. The summed E-state index contributed by atoms with van der Waals surface area (Å²) in [6.45, 7) is 0. The lowest BCUT2D eigenvalue weighted by molar-refractivity contribution is 0.600. The SMILES string of the molecule is [2H]c1nc2c(c([2H])c1[2H])c([2H])c([2H])c1c([2H])c([2H])c(-c3ccc(-c4oc(-c5c6ccccc6c(-c6ccccc6)c6ccccc56)c(-c5ccccc5)c4-c4ccccc4)c4ccccc34)nc12. The van der Waals surface area contributed by atoms with Crippen molar-refractivity contribution in [3.05, 3.63) is 218 Å². The molecule has 9 aromatic carbocycles. The van der Waals surface area contributed by atoms with Gasteiger partial charge in [0.15, 0.2) is 0 Å². The first-order valence-electron chi connectivity index (χ1n) is 23.7. The van der Waals surface area contributed by atoms with Crippen LogP contribution in [-0.4, -0.2) is 9.97 Å². The summed E-state index contributed by atoms with van der Waals surface area (Å²) in [6, 6.07) is 57.7. The lowest BCUT2D eigenvalue weighted by atomic mass is 9.85. The highest BCUT2D eigenvalue weighted by Crippen LogP contribution is 2.53. The molecule has 0 unspecified atom stereocenters. The molecule has 0 N–H and O–H groups in total. The molecule has 0 saturated carbocycles. The maximum Gasteiger partial charge on any atom is 0.144 e. The number of benzene rings is 9. The average Bonchev–Trinajstić information content (AvgIpc) is 3.77. The Morgan fingerprint density at radius 2 is 0.803 bits per heavy atom. The number of nitrogens with zero attached hydrogens (tertiary/aromatic N) is 2. The molecule has 3 heteroatoms. The van der Waals surface area contributed by atoms with Crippen LogP contribution in [0, 0.1) is 0 Å². The first-order valence-corrected chi connectivity index (χ1v) is 20.2. The van der Waals surface area contributed by atoms with Crippen molar-refractivity contribution in [3.8, 4) is 67.3 Å². The van der Waals surface area contributed by atoms with Crippen molar-refractivity contribution in [1.29, 1.82) is 0 Å². The first kappa shape index (κ1) is 28.3. The second-order valence-electron chi connectivity index (χ2n) is 15.0. The first-order chi connectivity index (χ1) is 33.2. The van der Waals surface area contributed by atoms with Crippen LogP contribution in [0.1, 0.15) is 9.60 Å². The third-order valence-corrected chi connectivity index (χ3v) is 11.6. The fourth-order valence-electron chi connectivity index (χ4n) is 8.99. The summed E-state index contributed by atoms with van der Waals surface area (Å²) >= 11 is 0. The molecule has 3 aromatic heterocycles. The van der Waals surface area contributed by atoms with Gasteiger partial charge in [-0.25, -0.2) is 4.98 Å². The van der Waals surface area contributed by atoms with Crippen molar-refractivity contribution in [3.63, 3.8) is 0 Å². The van der Waals surface area contributed by atoms with Crippen molar-refractivity contribution in [2.45, 2.75) is 0 Å². The molecule has 61 heavy (non-hydrogen) atoms. The fraction of sp³-hybridized carbons (Fsp3) is 0. The van der Waals surface area contributed by atoms with E-state index in [0.29, 0.717) is 17.1 Å². The van der Waals surface area contributed by atoms with Gasteiger partial charge in [0, 0.05) is 44.8 Å². The van der Waals surface area contributed by atoms with Gasteiger partial charge in [-0.1, -0.05) is 194 Å². The number of pyridine rings is 2. The maximum atomic E-state index is 9.33. The lowest BCUT2D eigenvalue weighted by Gasteiger charge is -2.17. The van der Waals surface area contributed by atoms with Crippen molar-refractivity contribution >= 4 is 54.1 Å². The minimum atomic E-state index is -0.476. The van der Waals surface area contributed by atoms with Gasteiger partial charge in [-0.15, -0.1) is 0 Å². The quantitative estimate of drug-likeness (QED) is 0.125. The third kappa shape index (κ3) is 5.66. The number of furan rings is 1. The van der Waals surface area contributed by atoms with Gasteiger partial charge in [-0.3, -0.25) is 4.98 Å². The van der Waals surface area contributed by atoms with Crippen LogP contribution in [0.4, 0.5) is 0 Å². The standard InChI is InChI=1S/C58H36N2O/c1-4-17-37(18-5-1)51-45-26-12-14-28-47(45)54(48-29-15-13-27-46(48)51)58-53(39-21-8-3-9-22-39)52(38-19-6-2-7-20-38)57(61-58)49-34-33-44(42-24-10-11-25-43(42)49)50-35-32-41-31-30-40-23-16-36-59-55(40)56(41)60-50/h1-36H/i16D,23D,30D,31D,32D,35D,36D. The zero-order chi connectivity index (χ0) is 46.4. The topological polar surface area (TPSA) is 38.9 Å². The highest BCUT2D eigenvalue weighted by molar-refractivity contribution is 6.23. The molecule has 0 aliphatic heterocycles. The second-order valence-corrected chi connectivity index (χ2v) is 15.0. The van der Waals surface area contributed by atoms with Gasteiger partial charge in [-0.2, -0.15) is 0 Å². The molecule has 284 valence electrons. The molecule has 12 aromatic rings. The average molecular weight is 784 g/mol. The van der Waals surface area contributed by atoms with Crippen molar-refractivity contribution < 1.29 is 14.0 Å². The Balaban J connectivity index is 1.18. The molecule has 0 spiro atoms. The van der Waals surface area contributed by atoms with Gasteiger partial charge in [0.2, 0.25) is 0 Å². The highest BCUT2D eigenvalue weighted by atomic mass is 16.3. The van der Waals surface area contributed by atoms with E-state index in [2.05, 4.69) is 102 Å². The Labute approximate surface area is 362 Å². The molecule has 0 amide bonds. The van der Waals surface area contributed by atoms with Gasteiger partial charge in [0.1, 0.15) is 11.5 Å². The minimum absolute atomic E-state index is 0.0245. The van der Waals surface area contributed by atoms with Crippen LogP contribution in [-0.2, 0) is 0 Å². The Morgan fingerprint density at radius 1 is 0.361 bits per heavy atom. The van der Waals surface area contributed by atoms with E-state index in [-0.39, 0.29) is 45.6 Å². The summed E-state index contributed by atoms with van der Waals surface area (Å²) < 4.78 is 69.0. The summed E-state index contributed by atoms with van der Waals surface area (Å²) in [5, 5.41) is 5.65. The fourth-order valence-corrected chi connectivity index (χ4v) is 8.99. The molecule has 0 saturated heterocycles. The maximum absolute atomic E-state index is 9.33. The van der Waals surface area contributed by atoms with Gasteiger partial charge >= 0.3 is 0 Å². The van der Waals surface area contributed by atoms with E-state index >= 15 is 0 Å². The van der Waals surface area contributed by atoms with Crippen LogP contribution in [0.3, 0.4) is 0 Å². The number of fused-ring (bicyclic) bond motifs is 6. The van der Waals surface area contributed by atoms with E-state index in [1.54, 1.807) is 0 Å². The zero-order valence-electron chi connectivity index (χ0n) is 39.5. The van der Waals surface area contributed by atoms with E-state index < -0.39 is 24.3 Å². The Morgan fingerprint density at radius 3 is 1.39 bits per heavy atom. The van der Waals surface area contributed by atoms with E-state index in [4.69, 9.17) is 16.3 Å². The largest absolute Gasteiger partial charge is 0.455 e. The molecule has 3 nitrogen and oxygen atoms in total. The van der Waals surface area contributed by atoms with Crippen molar-refractivity contribution in [2.75, 3.05) is 0 Å². The van der Waals surface area contributed by atoms with E-state index in [9.17, 15) is 2.74 Å². The van der Waals surface area contributed by atoms with Crippen molar-refractivity contribution in [1.82, 2.24) is 9.97 Å². The van der Waals surface area contributed by atoms with Crippen LogP contribution in [0.25, 0.3) is 121 Å². The smallest absolute Gasteiger partial charge is 0.144 e. The molecule has 0 bridgehead atoms. The molecule has 0 aliphatic rings. The van der Waals surface area contributed by atoms with Crippen molar-refractivity contribution in [2.24, 2.45) is 0 Å². The van der Waals surface area contributed by atoms with Crippen LogP contribution in [0.15, 0.2) is 223 Å². The second kappa shape index (κ2) is 14.3. The third-order valence-electron chi connectivity index (χ3n) is 11.6. The van der Waals surface area contributed by atoms with Gasteiger partial charge < -0.3 is 4.42 Å². The number of rotatable bonds is 6. The molecule has 0 fully saturated rings. The summed E-state index contributed by atoms with van der Waals surface area (Å²) in [7, 11) is 0. The molecular weight excluding hydrogens is 741 g/mol. The van der Waals surface area contributed by atoms with E-state index in [1.807, 2.05) is 78.9 Å². The molecule has 0 atom stereocenters. The minimum Gasteiger partial charge on any atom is -0.455 e. The molecular formula is C58H36N2O. The van der Waals surface area contributed by atoms with Gasteiger partial charge in [0.05, 0.1) is 26.3 Å². The molecule has 12 rings (SSSR count). The highest BCUT2D eigenvalue weighted by Gasteiger charge is 2.29.